The van der Waals surface area contributed by atoms with Gasteiger partial charge in [-0.1, -0.05) is 35.9 Å². The van der Waals surface area contributed by atoms with Crippen LogP contribution in [-0.4, -0.2) is 22.8 Å². The van der Waals surface area contributed by atoms with Crippen molar-refractivity contribution in [1.82, 2.24) is 9.88 Å². The first kappa shape index (κ1) is 14.3. The Morgan fingerprint density at radius 3 is 2.55 bits per heavy atom. The number of hydrogen-bond donors (Lipinski definition) is 0. The lowest BCUT2D eigenvalue weighted by molar-refractivity contribution is -0.130. The molecule has 0 fully saturated rings. The van der Waals surface area contributed by atoms with Crippen LogP contribution in [0.1, 0.15) is 23.1 Å². The Morgan fingerprint density at radius 2 is 1.90 bits per heavy atom. The number of hydrogen-bond acceptors (Lipinski definition) is 2. The molecule has 1 aromatic heterocycles. The zero-order valence-corrected chi connectivity index (χ0v) is 12.0. The lowest BCUT2D eigenvalue weighted by atomic mass is 10.1. The highest BCUT2D eigenvalue weighted by molar-refractivity contribution is 5.76. The van der Waals surface area contributed by atoms with Crippen molar-refractivity contribution in [3.63, 3.8) is 0 Å². The quantitative estimate of drug-likeness (QED) is 0.835. The van der Waals surface area contributed by atoms with Crippen LogP contribution in [0.3, 0.4) is 0 Å². The Morgan fingerprint density at radius 1 is 1.15 bits per heavy atom. The molecular weight excluding hydrogens is 248 g/mol. The van der Waals surface area contributed by atoms with E-state index in [0.717, 1.165) is 12.0 Å². The maximum atomic E-state index is 12.1. The summed E-state index contributed by atoms with van der Waals surface area (Å²) in [6.45, 7) is 2.68. The second-order valence-electron chi connectivity index (χ2n) is 5.10. The second-order valence-corrected chi connectivity index (χ2v) is 5.10. The molecule has 20 heavy (non-hydrogen) atoms. The summed E-state index contributed by atoms with van der Waals surface area (Å²) in [6, 6.07) is 12.2. The van der Waals surface area contributed by atoms with Crippen LogP contribution in [0.2, 0.25) is 0 Å². The molecule has 0 spiro atoms. The van der Waals surface area contributed by atoms with Crippen molar-refractivity contribution < 1.29 is 4.79 Å². The van der Waals surface area contributed by atoms with Crippen LogP contribution in [0.25, 0.3) is 0 Å². The van der Waals surface area contributed by atoms with Crippen LogP contribution < -0.4 is 0 Å². The Bertz CT molecular complexity index is 549. The highest BCUT2D eigenvalue weighted by Gasteiger charge is 2.09. The van der Waals surface area contributed by atoms with Gasteiger partial charge in [0.1, 0.15) is 0 Å². The lowest BCUT2D eigenvalue weighted by Crippen LogP contribution is -2.26. The molecule has 0 bridgehead atoms. The average molecular weight is 268 g/mol. The summed E-state index contributed by atoms with van der Waals surface area (Å²) in [5, 5.41) is 0. The summed E-state index contributed by atoms with van der Waals surface area (Å²) in [5.41, 5.74) is 3.51. The van der Waals surface area contributed by atoms with Crippen molar-refractivity contribution in [3.05, 3.63) is 65.5 Å². The summed E-state index contributed by atoms with van der Waals surface area (Å²) in [7, 11) is 1.84. The molecule has 0 saturated heterocycles. The van der Waals surface area contributed by atoms with E-state index in [1.165, 1.54) is 11.1 Å². The molecule has 1 heterocycles. The molecule has 2 rings (SSSR count). The van der Waals surface area contributed by atoms with Gasteiger partial charge in [0.25, 0.3) is 0 Å². The smallest absolute Gasteiger partial charge is 0.222 e. The van der Waals surface area contributed by atoms with Gasteiger partial charge in [-0.05, 0) is 30.5 Å². The van der Waals surface area contributed by atoms with E-state index in [1.54, 1.807) is 17.3 Å². The van der Waals surface area contributed by atoms with Gasteiger partial charge in [0.2, 0.25) is 5.91 Å². The molecule has 0 atom stereocenters. The molecule has 0 saturated carbocycles. The molecule has 0 unspecified atom stereocenters. The summed E-state index contributed by atoms with van der Waals surface area (Å²) in [5.74, 6) is 0.162. The van der Waals surface area contributed by atoms with E-state index in [4.69, 9.17) is 0 Å². The zero-order chi connectivity index (χ0) is 14.4. The molecule has 3 heteroatoms. The summed E-state index contributed by atoms with van der Waals surface area (Å²) in [6.07, 6.45) is 4.86. The monoisotopic (exact) mass is 268 g/mol. The Kier molecular flexibility index (Phi) is 4.88. The molecule has 0 N–H and O–H groups in total. The maximum absolute atomic E-state index is 12.1. The highest BCUT2D eigenvalue weighted by Crippen LogP contribution is 2.08. The zero-order valence-electron chi connectivity index (χ0n) is 12.0. The number of amides is 1. The topological polar surface area (TPSA) is 33.2 Å². The first-order valence-corrected chi connectivity index (χ1v) is 6.83. The number of benzene rings is 1. The number of aromatic nitrogens is 1. The van der Waals surface area contributed by atoms with E-state index in [2.05, 4.69) is 36.2 Å². The molecule has 1 amide bonds. The normalized spacial score (nSPS) is 10.3. The minimum atomic E-state index is 0.162. The standard InChI is InChI=1S/C17H20N2O/c1-14-5-7-15(8-6-14)9-10-17(20)19(2)13-16-4-3-11-18-12-16/h3-8,11-12H,9-10,13H2,1-2H3. The predicted octanol–water partition coefficient (Wildman–Crippen LogP) is 2.98. The SMILES string of the molecule is Cc1ccc(CCC(=O)N(C)Cc2cccnc2)cc1. The molecule has 1 aromatic carbocycles. The van der Waals surface area contributed by atoms with E-state index in [0.29, 0.717) is 13.0 Å². The van der Waals surface area contributed by atoms with Gasteiger partial charge < -0.3 is 4.90 Å². The Hall–Kier alpha value is -2.16. The minimum absolute atomic E-state index is 0.162. The van der Waals surface area contributed by atoms with Gasteiger partial charge >= 0.3 is 0 Å². The third kappa shape index (κ3) is 4.19. The summed E-state index contributed by atoms with van der Waals surface area (Å²) < 4.78 is 0. The fourth-order valence-corrected chi connectivity index (χ4v) is 2.05. The summed E-state index contributed by atoms with van der Waals surface area (Å²) >= 11 is 0. The molecular formula is C17H20N2O. The van der Waals surface area contributed by atoms with Gasteiger partial charge in [-0.25, -0.2) is 0 Å². The number of carbonyl (C=O) groups is 1. The van der Waals surface area contributed by atoms with Crippen molar-refractivity contribution in [3.8, 4) is 0 Å². The predicted molar refractivity (Wildman–Crippen MR) is 80.2 cm³/mol. The molecule has 2 aromatic rings. The number of carbonyl (C=O) groups excluding carboxylic acids is 1. The average Bonchev–Trinajstić information content (AvgIpc) is 2.47. The van der Waals surface area contributed by atoms with Crippen LogP contribution in [0.15, 0.2) is 48.8 Å². The molecule has 104 valence electrons. The van der Waals surface area contributed by atoms with Crippen LogP contribution in [-0.2, 0) is 17.8 Å². The van der Waals surface area contributed by atoms with Crippen LogP contribution in [0.5, 0.6) is 0 Å². The highest BCUT2D eigenvalue weighted by atomic mass is 16.2. The second kappa shape index (κ2) is 6.85. The van der Waals surface area contributed by atoms with Crippen molar-refractivity contribution in [2.75, 3.05) is 7.05 Å². The van der Waals surface area contributed by atoms with Gasteiger partial charge in [0.15, 0.2) is 0 Å². The first-order valence-electron chi connectivity index (χ1n) is 6.83. The van der Waals surface area contributed by atoms with E-state index in [-0.39, 0.29) is 5.91 Å². The van der Waals surface area contributed by atoms with E-state index in [1.807, 2.05) is 19.2 Å². The van der Waals surface area contributed by atoms with Crippen molar-refractivity contribution in [1.29, 1.82) is 0 Å². The largest absolute Gasteiger partial charge is 0.341 e. The summed E-state index contributed by atoms with van der Waals surface area (Å²) in [4.78, 5) is 17.9. The van der Waals surface area contributed by atoms with Crippen LogP contribution >= 0.6 is 0 Å². The van der Waals surface area contributed by atoms with Gasteiger partial charge in [-0.15, -0.1) is 0 Å². The maximum Gasteiger partial charge on any atom is 0.222 e. The van der Waals surface area contributed by atoms with Crippen LogP contribution in [0.4, 0.5) is 0 Å². The van der Waals surface area contributed by atoms with E-state index < -0.39 is 0 Å². The third-order valence-corrected chi connectivity index (χ3v) is 3.32. The molecule has 0 radical (unpaired) electrons. The molecule has 0 aliphatic carbocycles. The van der Waals surface area contributed by atoms with Crippen molar-refractivity contribution in [2.24, 2.45) is 0 Å². The lowest BCUT2D eigenvalue weighted by Gasteiger charge is -2.17. The minimum Gasteiger partial charge on any atom is -0.341 e. The van der Waals surface area contributed by atoms with Gasteiger partial charge in [0.05, 0.1) is 0 Å². The number of nitrogens with zero attached hydrogens (tertiary/aromatic N) is 2. The molecule has 0 aliphatic heterocycles. The first-order chi connectivity index (χ1) is 9.65. The van der Waals surface area contributed by atoms with Crippen LogP contribution in [0, 0.1) is 6.92 Å². The third-order valence-electron chi connectivity index (χ3n) is 3.32. The van der Waals surface area contributed by atoms with Gasteiger partial charge in [-0.3, -0.25) is 9.78 Å². The fraction of sp³-hybridized carbons (Fsp3) is 0.294. The Labute approximate surface area is 120 Å². The van der Waals surface area contributed by atoms with Crippen molar-refractivity contribution in [2.45, 2.75) is 26.3 Å². The molecule has 0 aliphatic rings. The molecule has 3 nitrogen and oxygen atoms in total. The van der Waals surface area contributed by atoms with E-state index in [9.17, 15) is 4.79 Å². The fourth-order valence-electron chi connectivity index (χ4n) is 2.05. The Balaban J connectivity index is 1.83. The van der Waals surface area contributed by atoms with Crippen molar-refractivity contribution >= 4 is 5.91 Å². The van der Waals surface area contributed by atoms with Gasteiger partial charge in [-0.2, -0.15) is 0 Å². The van der Waals surface area contributed by atoms with E-state index >= 15 is 0 Å². The van der Waals surface area contributed by atoms with Gasteiger partial charge in [0, 0.05) is 32.4 Å². The number of aryl methyl sites for hydroxylation is 2. The number of pyridine rings is 1. The number of rotatable bonds is 5.